The monoisotopic (exact) mass is 424 g/mol. The third-order valence-electron chi connectivity index (χ3n) is 3.82. The molecule has 2 aromatic carbocycles. The van der Waals surface area contributed by atoms with E-state index in [0.717, 1.165) is 11.3 Å². The van der Waals surface area contributed by atoms with Gasteiger partial charge in [0.1, 0.15) is 11.5 Å². The minimum atomic E-state index is -0.581. The standard InChI is InChI=1S/C22H17ClN2O5/c1-28-18-8-4-15(5-9-18)6-11-21(26)30-19-10-7-17(23)13-16(19)14-24-25-22(27)20-3-2-12-29-20/h2-14H,1H3,(H,25,27)/b11-6+,24-14+. The summed E-state index contributed by atoms with van der Waals surface area (Å²) in [5, 5.41) is 4.27. The summed E-state index contributed by atoms with van der Waals surface area (Å²) >= 11 is 6.01. The van der Waals surface area contributed by atoms with Crippen molar-refractivity contribution in [2.45, 2.75) is 0 Å². The number of halogens is 1. The molecule has 0 aliphatic rings. The zero-order valence-electron chi connectivity index (χ0n) is 15.9. The van der Waals surface area contributed by atoms with Crippen LogP contribution in [-0.4, -0.2) is 25.2 Å². The number of esters is 1. The predicted molar refractivity (Wildman–Crippen MR) is 113 cm³/mol. The molecule has 0 saturated carbocycles. The maximum Gasteiger partial charge on any atom is 0.336 e. The average Bonchev–Trinajstić information content (AvgIpc) is 3.29. The third-order valence-corrected chi connectivity index (χ3v) is 4.06. The molecule has 0 unspecified atom stereocenters. The van der Waals surface area contributed by atoms with Gasteiger partial charge in [0.25, 0.3) is 0 Å². The minimum Gasteiger partial charge on any atom is -0.497 e. The Labute approximate surface area is 177 Å². The van der Waals surface area contributed by atoms with Gasteiger partial charge in [-0.1, -0.05) is 23.7 Å². The number of carbonyl (C=O) groups is 2. The topological polar surface area (TPSA) is 90.1 Å². The summed E-state index contributed by atoms with van der Waals surface area (Å²) in [5.74, 6) is -0.0195. The number of rotatable bonds is 7. The number of methoxy groups -OCH3 is 1. The normalized spacial score (nSPS) is 11.0. The van der Waals surface area contributed by atoms with Gasteiger partial charge in [-0.15, -0.1) is 0 Å². The van der Waals surface area contributed by atoms with Gasteiger partial charge in [0.05, 0.1) is 19.6 Å². The van der Waals surface area contributed by atoms with Crippen LogP contribution in [0.5, 0.6) is 11.5 Å². The Hall–Kier alpha value is -3.84. The highest BCUT2D eigenvalue weighted by atomic mass is 35.5. The van der Waals surface area contributed by atoms with Crippen molar-refractivity contribution in [2.24, 2.45) is 5.10 Å². The first-order chi connectivity index (χ1) is 14.5. The van der Waals surface area contributed by atoms with Gasteiger partial charge in [-0.2, -0.15) is 5.10 Å². The quantitative estimate of drug-likeness (QED) is 0.200. The van der Waals surface area contributed by atoms with E-state index in [9.17, 15) is 9.59 Å². The maximum absolute atomic E-state index is 12.2. The highest BCUT2D eigenvalue weighted by molar-refractivity contribution is 6.31. The molecule has 0 radical (unpaired) electrons. The van der Waals surface area contributed by atoms with Gasteiger partial charge in [0.15, 0.2) is 5.76 Å². The second-order valence-electron chi connectivity index (χ2n) is 5.89. The summed E-state index contributed by atoms with van der Waals surface area (Å²) in [6.07, 6.45) is 5.63. The van der Waals surface area contributed by atoms with Crippen LogP contribution in [0.1, 0.15) is 21.7 Å². The minimum absolute atomic E-state index is 0.119. The van der Waals surface area contributed by atoms with E-state index in [1.807, 2.05) is 12.1 Å². The fourth-order valence-electron chi connectivity index (χ4n) is 2.36. The van der Waals surface area contributed by atoms with Gasteiger partial charge in [-0.3, -0.25) is 4.79 Å². The number of amides is 1. The Morgan fingerprint density at radius 1 is 1.13 bits per heavy atom. The van der Waals surface area contributed by atoms with Crippen molar-refractivity contribution in [3.8, 4) is 11.5 Å². The summed E-state index contributed by atoms with van der Waals surface area (Å²) < 4.78 is 15.4. The van der Waals surface area contributed by atoms with Gasteiger partial charge in [0, 0.05) is 16.7 Å². The molecule has 3 rings (SSSR count). The Kier molecular flexibility index (Phi) is 7.02. The van der Waals surface area contributed by atoms with E-state index in [1.165, 1.54) is 30.7 Å². The number of nitrogens with one attached hydrogen (secondary N) is 1. The van der Waals surface area contributed by atoms with Crippen LogP contribution < -0.4 is 14.9 Å². The number of hydrogen-bond acceptors (Lipinski definition) is 6. The number of hydrogen-bond donors (Lipinski definition) is 1. The van der Waals surface area contributed by atoms with E-state index in [2.05, 4.69) is 10.5 Å². The molecule has 30 heavy (non-hydrogen) atoms. The molecular weight excluding hydrogens is 408 g/mol. The lowest BCUT2D eigenvalue weighted by Gasteiger charge is -2.06. The molecule has 7 nitrogen and oxygen atoms in total. The molecule has 8 heteroatoms. The average molecular weight is 425 g/mol. The molecule has 3 aromatic rings. The molecule has 0 spiro atoms. The van der Waals surface area contributed by atoms with Crippen LogP contribution in [0.25, 0.3) is 6.08 Å². The van der Waals surface area contributed by atoms with Crippen LogP contribution in [0.2, 0.25) is 5.02 Å². The molecule has 0 aliphatic carbocycles. The largest absolute Gasteiger partial charge is 0.497 e. The van der Waals surface area contributed by atoms with E-state index < -0.39 is 11.9 Å². The maximum atomic E-state index is 12.2. The lowest BCUT2D eigenvalue weighted by Crippen LogP contribution is -2.16. The molecule has 1 amide bonds. The first-order valence-corrected chi connectivity index (χ1v) is 9.13. The highest BCUT2D eigenvalue weighted by Crippen LogP contribution is 2.22. The molecule has 1 heterocycles. The molecule has 1 aromatic heterocycles. The van der Waals surface area contributed by atoms with Crippen molar-refractivity contribution in [3.63, 3.8) is 0 Å². The molecule has 0 bridgehead atoms. The molecule has 0 saturated heterocycles. The number of hydrazone groups is 1. The smallest absolute Gasteiger partial charge is 0.336 e. The first-order valence-electron chi connectivity index (χ1n) is 8.75. The molecule has 152 valence electrons. The highest BCUT2D eigenvalue weighted by Gasteiger charge is 2.09. The third kappa shape index (κ3) is 5.83. The van der Waals surface area contributed by atoms with Gasteiger partial charge in [-0.05, 0) is 54.1 Å². The van der Waals surface area contributed by atoms with Crippen molar-refractivity contribution < 1.29 is 23.5 Å². The second kappa shape index (κ2) is 10.1. The predicted octanol–water partition coefficient (Wildman–Crippen LogP) is 4.32. The fourth-order valence-corrected chi connectivity index (χ4v) is 2.54. The molecule has 0 atom stereocenters. The first kappa shape index (κ1) is 20.9. The van der Waals surface area contributed by atoms with Crippen LogP contribution in [0.3, 0.4) is 0 Å². The van der Waals surface area contributed by atoms with Gasteiger partial charge in [0.2, 0.25) is 0 Å². The van der Waals surface area contributed by atoms with Gasteiger partial charge in [-0.25, -0.2) is 10.2 Å². The Morgan fingerprint density at radius 2 is 1.93 bits per heavy atom. The van der Waals surface area contributed by atoms with E-state index in [4.69, 9.17) is 25.5 Å². The van der Waals surface area contributed by atoms with Crippen LogP contribution in [0.15, 0.2) is 76.5 Å². The number of ether oxygens (including phenoxy) is 2. The van der Waals surface area contributed by atoms with Crippen molar-refractivity contribution in [1.82, 2.24) is 5.43 Å². The molecule has 1 N–H and O–H groups in total. The molecule has 0 fully saturated rings. The van der Waals surface area contributed by atoms with Crippen LogP contribution in [0.4, 0.5) is 0 Å². The fraction of sp³-hybridized carbons (Fsp3) is 0.0455. The van der Waals surface area contributed by atoms with Gasteiger partial charge >= 0.3 is 11.9 Å². The number of benzene rings is 2. The number of nitrogens with zero attached hydrogens (tertiary/aromatic N) is 1. The number of furan rings is 1. The summed E-state index contributed by atoms with van der Waals surface area (Å²) in [5.41, 5.74) is 3.54. The SMILES string of the molecule is COc1ccc(/C=C/C(=O)Oc2ccc(Cl)cc2/C=N/NC(=O)c2ccco2)cc1. The summed E-state index contributed by atoms with van der Waals surface area (Å²) in [7, 11) is 1.58. The van der Waals surface area contributed by atoms with Gasteiger partial charge < -0.3 is 13.9 Å². The lowest BCUT2D eigenvalue weighted by atomic mass is 10.2. The van der Waals surface area contributed by atoms with E-state index in [1.54, 1.807) is 43.5 Å². The van der Waals surface area contributed by atoms with E-state index >= 15 is 0 Å². The van der Waals surface area contributed by atoms with Crippen molar-refractivity contribution in [3.05, 3.63) is 88.8 Å². The summed E-state index contributed by atoms with van der Waals surface area (Å²) in [6.45, 7) is 0. The van der Waals surface area contributed by atoms with Crippen LogP contribution >= 0.6 is 11.6 Å². The second-order valence-corrected chi connectivity index (χ2v) is 6.32. The molecule has 0 aliphatic heterocycles. The lowest BCUT2D eigenvalue weighted by molar-refractivity contribution is -0.128. The molecular formula is C22H17ClN2O5. The summed E-state index contributed by atoms with van der Waals surface area (Å²) in [6, 6.07) is 15.0. The Balaban J connectivity index is 1.66. The van der Waals surface area contributed by atoms with Crippen LogP contribution in [0, 0.1) is 0 Å². The zero-order chi connectivity index (χ0) is 21.3. The van der Waals surface area contributed by atoms with Crippen molar-refractivity contribution >= 4 is 35.8 Å². The van der Waals surface area contributed by atoms with E-state index in [-0.39, 0.29) is 11.5 Å². The van der Waals surface area contributed by atoms with Crippen LogP contribution in [-0.2, 0) is 4.79 Å². The summed E-state index contributed by atoms with van der Waals surface area (Å²) in [4.78, 5) is 24.0. The Morgan fingerprint density at radius 3 is 2.63 bits per heavy atom. The number of carbonyl (C=O) groups excluding carboxylic acids is 2. The van der Waals surface area contributed by atoms with Crippen molar-refractivity contribution in [2.75, 3.05) is 7.11 Å². The van der Waals surface area contributed by atoms with E-state index in [0.29, 0.717) is 10.6 Å². The Bertz CT molecular complexity index is 1070. The zero-order valence-corrected chi connectivity index (χ0v) is 16.6. The van der Waals surface area contributed by atoms with Crippen molar-refractivity contribution in [1.29, 1.82) is 0 Å².